The second-order valence-electron chi connectivity index (χ2n) is 6.58. The zero-order chi connectivity index (χ0) is 19.8. The van der Waals surface area contributed by atoms with Crippen LogP contribution in [0.4, 0.5) is 13.6 Å². The van der Waals surface area contributed by atoms with Crippen molar-refractivity contribution in [2.75, 3.05) is 13.1 Å². The molecular formula is C20H24F2N2O3. The van der Waals surface area contributed by atoms with Crippen LogP contribution in [0.1, 0.15) is 24.0 Å². The van der Waals surface area contributed by atoms with Gasteiger partial charge in [0.05, 0.1) is 12.1 Å². The molecule has 1 amide bonds. The van der Waals surface area contributed by atoms with Crippen LogP contribution in [0.3, 0.4) is 0 Å². The minimum Gasteiger partial charge on any atom is -0.465 e. The fraction of sp³-hybridized carbons (Fsp3) is 0.350. The fourth-order valence-electron chi connectivity index (χ4n) is 2.91. The fourth-order valence-corrected chi connectivity index (χ4v) is 2.91. The molecule has 0 spiro atoms. The smallest absolute Gasteiger partial charge is 0.404 e. The molecule has 0 saturated carbocycles. The van der Waals surface area contributed by atoms with Crippen LogP contribution in [0, 0.1) is 11.6 Å². The molecule has 0 aromatic heterocycles. The predicted octanol–water partition coefficient (Wildman–Crippen LogP) is 2.90. The summed E-state index contributed by atoms with van der Waals surface area (Å²) in [5.41, 5.74) is 1.41. The van der Waals surface area contributed by atoms with Gasteiger partial charge in [0, 0.05) is 19.2 Å². The van der Waals surface area contributed by atoms with Crippen molar-refractivity contribution in [1.29, 1.82) is 0 Å². The van der Waals surface area contributed by atoms with E-state index in [0.717, 1.165) is 23.8 Å². The number of carbonyl (C=O) groups is 1. The Labute approximate surface area is 157 Å². The number of amides is 1. The number of aliphatic hydroxyl groups is 1. The highest BCUT2D eigenvalue weighted by Gasteiger charge is 2.22. The molecule has 0 aliphatic rings. The molecule has 3 unspecified atom stereocenters. The molecule has 0 saturated heterocycles. The van der Waals surface area contributed by atoms with Gasteiger partial charge >= 0.3 is 6.09 Å². The topological polar surface area (TPSA) is 81.6 Å². The summed E-state index contributed by atoms with van der Waals surface area (Å²) in [6.07, 6.45) is -2.40. The van der Waals surface area contributed by atoms with Crippen molar-refractivity contribution in [3.05, 3.63) is 71.3 Å². The zero-order valence-corrected chi connectivity index (χ0v) is 15.0. The van der Waals surface area contributed by atoms with Crippen molar-refractivity contribution in [2.45, 2.75) is 31.4 Å². The van der Waals surface area contributed by atoms with Crippen LogP contribution >= 0.6 is 0 Å². The molecule has 27 heavy (non-hydrogen) atoms. The van der Waals surface area contributed by atoms with Gasteiger partial charge in [0.1, 0.15) is 11.6 Å². The second kappa shape index (κ2) is 9.99. The maximum Gasteiger partial charge on any atom is 0.404 e. The monoisotopic (exact) mass is 378 g/mol. The zero-order valence-electron chi connectivity index (χ0n) is 15.0. The number of hydrogen-bond acceptors (Lipinski definition) is 3. The van der Waals surface area contributed by atoms with Gasteiger partial charge in [-0.05, 0) is 35.6 Å². The average molecular weight is 378 g/mol. The van der Waals surface area contributed by atoms with Gasteiger partial charge in [-0.3, -0.25) is 0 Å². The highest BCUT2D eigenvalue weighted by molar-refractivity contribution is 5.65. The maximum atomic E-state index is 13.3. The van der Waals surface area contributed by atoms with Crippen molar-refractivity contribution in [1.82, 2.24) is 10.6 Å². The summed E-state index contributed by atoms with van der Waals surface area (Å²) < 4.78 is 26.7. The lowest BCUT2D eigenvalue weighted by Gasteiger charge is -2.24. The van der Waals surface area contributed by atoms with Crippen molar-refractivity contribution in [2.24, 2.45) is 0 Å². The van der Waals surface area contributed by atoms with Crippen molar-refractivity contribution < 1.29 is 23.8 Å². The molecule has 5 nitrogen and oxygen atoms in total. The summed E-state index contributed by atoms with van der Waals surface area (Å²) in [6.45, 7) is 2.77. The molecule has 0 heterocycles. The molecule has 7 heteroatoms. The molecule has 0 radical (unpaired) electrons. The number of nitrogens with one attached hydrogen (secondary N) is 2. The van der Waals surface area contributed by atoms with Gasteiger partial charge < -0.3 is 20.8 Å². The van der Waals surface area contributed by atoms with Gasteiger partial charge in [0.2, 0.25) is 0 Å². The van der Waals surface area contributed by atoms with Crippen molar-refractivity contribution >= 4 is 6.09 Å². The van der Waals surface area contributed by atoms with E-state index in [2.05, 4.69) is 10.6 Å². The minimum absolute atomic E-state index is 0.0297. The lowest BCUT2D eigenvalue weighted by molar-refractivity contribution is 0.117. The van der Waals surface area contributed by atoms with E-state index in [0.29, 0.717) is 6.54 Å². The summed E-state index contributed by atoms with van der Waals surface area (Å²) in [5.74, 6) is -1.28. The predicted molar refractivity (Wildman–Crippen MR) is 98.7 cm³/mol. The van der Waals surface area contributed by atoms with E-state index in [-0.39, 0.29) is 24.4 Å². The van der Waals surface area contributed by atoms with Gasteiger partial charge in [0.15, 0.2) is 0 Å². The molecule has 3 atom stereocenters. The number of carboxylic acid groups (broad SMARTS) is 1. The molecule has 0 fully saturated rings. The first-order valence-corrected chi connectivity index (χ1v) is 8.73. The Hall–Kier alpha value is -2.51. The lowest BCUT2D eigenvalue weighted by Crippen LogP contribution is -2.48. The summed E-state index contributed by atoms with van der Waals surface area (Å²) in [6, 6.07) is 11.9. The average Bonchev–Trinajstić information content (AvgIpc) is 2.60. The van der Waals surface area contributed by atoms with Crippen LogP contribution in [0.15, 0.2) is 48.5 Å². The molecule has 2 aromatic rings. The SMILES string of the molecule is CC(CNCC(O)C(Cc1cc(F)cc(F)c1)NC(=O)O)c1ccccc1. The third-order valence-corrected chi connectivity index (χ3v) is 4.32. The normalized spacial score (nSPS) is 14.4. The summed E-state index contributed by atoms with van der Waals surface area (Å²) in [7, 11) is 0. The van der Waals surface area contributed by atoms with E-state index in [4.69, 9.17) is 5.11 Å². The van der Waals surface area contributed by atoms with Crippen LogP contribution in [-0.4, -0.2) is 41.5 Å². The molecular weight excluding hydrogens is 354 g/mol. The summed E-state index contributed by atoms with van der Waals surface area (Å²) in [4.78, 5) is 11.0. The van der Waals surface area contributed by atoms with Gasteiger partial charge in [-0.1, -0.05) is 37.3 Å². The molecule has 0 bridgehead atoms. The Kier molecular flexibility index (Phi) is 7.69. The quantitative estimate of drug-likeness (QED) is 0.541. The van der Waals surface area contributed by atoms with E-state index in [1.54, 1.807) is 0 Å². The van der Waals surface area contributed by atoms with E-state index in [9.17, 15) is 18.7 Å². The number of rotatable bonds is 9. The van der Waals surface area contributed by atoms with E-state index < -0.39 is 29.9 Å². The Morgan fingerprint density at radius 2 is 1.70 bits per heavy atom. The number of hydrogen-bond donors (Lipinski definition) is 4. The van der Waals surface area contributed by atoms with E-state index >= 15 is 0 Å². The largest absolute Gasteiger partial charge is 0.465 e. The standard InChI is InChI=1S/C20H24F2N2O3/c1-13(15-5-3-2-4-6-15)11-23-12-19(25)18(24-20(26)27)9-14-7-16(21)10-17(22)8-14/h2-8,10,13,18-19,23-25H,9,11-12H2,1H3,(H,26,27). The molecule has 2 rings (SSSR count). The summed E-state index contributed by atoms with van der Waals surface area (Å²) in [5, 5.41) is 24.7. The molecule has 146 valence electrons. The minimum atomic E-state index is -1.31. The van der Waals surface area contributed by atoms with Gasteiger partial charge in [-0.15, -0.1) is 0 Å². The first-order chi connectivity index (χ1) is 12.8. The third-order valence-electron chi connectivity index (χ3n) is 4.32. The highest BCUT2D eigenvalue weighted by atomic mass is 19.1. The van der Waals surface area contributed by atoms with E-state index in [1.165, 1.54) is 0 Å². The number of aliphatic hydroxyl groups excluding tert-OH is 1. The van der Waals surface area contributed by atoms with Crippen LogP contribution < -0.4 is 10.6 Å². The van der Waals surface area contributed by atoms with Crippen LogP contribution in [0.5, 0.6) is 0 Å². The Balaban J connectivity index is 1.93. The maximum absolute atomic E-state index is 13.3. The first-order valence-electron chi connectivity index (χ1n) is 8.73. The molecule has 4 N–H and O–H groups in total. The van der Waals surface area contributed by atoms with Crippen LogP contribution in [-0.2, 0) is 6.42 Å². The van der Waals surface area contributed by atoms with Gasteiger partial charge in [-0.25, -0.2) is 13.6 Å². The highest BCUT2D eigenvalue weighted by Crippen LogP contribution is 2.14. The third kappa shape index (κ3) is 6.96. The Morgan fingerprint density at radius 3 is 2.30 bits per heavy atom. The molecule has 0 aliphatic carbocycles. The van der Waals surface area contributed by atoms with Crippen LogP contribution in [0.25, 0.3) is 0 Å². The van der Waals surface area contributed by atoms with Crippen molar-refractivity contribution in [3.63, 3.8) is 0 Å². The number of halogens is 2. The lowest BCUT2D eigenvalue weighted by atomic mass is 9.99. The number of benzene rings is 2. The molecule has 0 aliphatic heterocycles. The second-order valence-corrected chi connectivity index (χ2v) is 6.58. The van der Waals surface area contributed by atoms with E-state index in [1.807, 2.05) is 37.3 Å². The van der Waals surface area contributed by atoms with Crippen molar-refractivity contribution in [3.8, 4) is 0 Å². The van der Waals surface area contributed by atoms with Gasteiger partial charge in [-0.2, -0.15) is 0 Å². The van der Waals surface area contributed by atoms with Crippen LogP contribution in [0.2, 0.25) is 0 Å². The first kappa shape index (κ1) is 20.8. The Bertz CT molecular complexity index is 723. The Morgan fingerprint density at radius 1 is 1.07 bits per heavy atom. The van der Waals surface area contributed by atoms with Gasteiger partial charge in [0.25, 0.3) is 0 Å². The summed E-state index contributed by atoms with van der Waals surface area (Å²) >= 11 is 0. The molecule has 2 aromatic carbocycles.